The predicted molar refractivity (Wildman–Crippen MR) is 24.4 cm³/mol. The number of carbonyl (C=O) groups excluding carboxylic acids is 1. The van der Waals surface area contributed by atoms with Gasteiger partial charge < -0.3 is 4.74 Å². The molecule has 0 aliphatic carbocycles. The fourth-order valence-electron chi connectivity index (χ4n) is 0.358. The van der Waals surface area contributed by atoms with Crippen LogP contribution in [0.4, 0.5) is 0 Å². The van der Waals surface area contributed by atoms with E-state index in [2.05, 4.69) is 11.3 Å². The molecule has 1 heterocycles. The van der Waals surface area contributed by atoms with Crippen LogP contribution in [0, 0.1) is 0 Å². The van der Waals surface area contributed by atoms with Crippen LogP contribution in [0.1, 0.15) is 0 Å². The Hall–Kier alpha value is -0.466. The zero-order chi connectivity index (χ0) is 5.28. The minimum Gasteiger partial charge on any atom is -0.424 e. The first-order valence-corrected chi connectivity index (χ1v) is 1.88. The van der Waals surface area contributed by atoms with E-state index >= 15 is 0 Å². The van der Waals surface area contributed by atoms with Crippen molar-refractivity contribution in [2.45, 2.75) is 0 Å². The van der Waals surface area contributed by atoms with Crippen LogP contribution in [0.2, 0.25) is 0 Å². The fraction of sp³-hybridized carbons (Fsp3) is 0. The summed E-state index contributed by atoms with van der Waals surface area (Å²) >= 11 is 0. The maximum atomic E-state index is 10.1. The third kappa shape index (κ3) is 1.56. The molecule has 1 aliphatic heterocycles. The molecule has 0 atom stereocenters. The van der Waals surface area contributed by atoms with Crippen LogP contribution in [-0.2, 0) is 28.1 Å². The van der Waals surface area contributed by atoms with Crippen molar-refractivity contribution in [2.75, 3.05) is 0 Å². The summed E-state index contributed by atoms with van der Waals surface area (Å²) in [6.45, 7) is 3.37. The van der Waals surface area contributed by atoms with E-state index < -0.39 is 0 Å². The second kappa shape index (κ2) is 2.75. The Morgan fingerprint density at radius 1 is 1.50 bits per heavy atom. The molecule has 1 aliphatic rings. The average molecular weight is 147 g/mol. The quantitative estimate of drug-likeness (QED) is 0.469. The van der Waals surface area contributed by atoms with Gasteiger partial charge in [-0.15, -0.1) is 0 Å². The first-order valence-electron chi connectivity index (χ1n) is 1.88. The maximum absolute atomic E-state index is 10.1. The van der Waals surface area contributed by atoms with Gasteiger partial charge in [0.05, 0.1) is 0 Å². The summed E-state index contributed by atoms with van der Waals surface area (Å²) in [5, 5.41) is 0. The van der Waals surface area contributed by atoms with E-state index in [0.29, 0.717) is 5.76 Å². The number of cyclic esters (lactones) is 1. The normalized spacial score (nSPS) is 15.5. The van der Waals surface area contributed by atoms with Crippen molar-refractivity contribution in [1.82, 2.24) is 0 Å². The molecule has 0 unspecified atom stereocenters. The van der Waals surface area contributed by atoms with Crippen molar-refractivity contribution < 1.29 is 28.1 Å². The summed E-state index contributed by atoms with van der Waals surface area (Å²) in [7, 11) is 0. The second-order valence-corrected chi connectivity index (χ2v) is 1.22. The minimum atomic E-state index is -0.329. The molecule has 2 nitrogen and oxygen atoms in total. The predicted octanol–water partition coefficient (Wildman–Crippen LogP) is 0.611. The molecule has 0 saturated heterocycles. The van der Waals surface area contributed by atoms with E-state index in [9.17, 15) is 4.79 Å². The third-order valence-electron chi connectivity index (χ3n) is 0.637. The second-order valence-electron chi connectivity index (χ2n) is 1.22. The van der Waals surface area contributed by atoms with E-state index in [4.69, 9.17) is 0 Å². The molecule has 1 rings (SSSR count). The number of ether oxygens (including phenoxy) is 1. The largest absolute Gasteiger partial charge is 0.424 e. The Morgan fingerprint density at radius 2 is 2.12 bits per heavy atom. The molecule has 0 saturated carbocycles. The number of allylic oxidation sites excluding steroid dienone is 1. The zero-order valence-corrected chi connectivity index (χ0v) is 5.52. The number of hydrogen-bond acceptors (Lipinski definition) is 2. The van der Waals surface area contributed by atoms with Crippen LogP contribution in [0.15, 0.2) is 24.5 Å². The monoisotopic (exact) mass is 147 g/mol. The zero-order valence-electron chi connectivity index (χ0n) is 4.13. The first kappa shape index (κ1) is 7.53. The summed E-state index contributed by atoms with van der Waals surface area (Å²) < 4.78 is 4.42. The Morgan fingerprint density at radius 3 is 2.25 bits per heavy atom. The van der Waals surface area contributed by atoms with Crippen molar-refractivity contribution in [2.24, 2.45) is 0 Å². The standard InChI is InChI=1S/C5H4O2.V/c1-4-2-3-5(6)7-4;/h2-3H,1H2;. The van der Waals surface area contributed by atoms with Gasteiger partial charge in [0.1, 0.15) is 5.76 Å². The molecule has 0 spiro atoms. The molecule has 0 N–H and O–H groups in total. The van der Waals surface area contributed by atoms with E-state index in [-0.39, 0.29) is 24.5 Å². The number of rotatable bonds is 0. The molecule has 0 aromatic heterocycles. The smallest absolute Gasteiger partial charge is 0.336 e. The molecule has 1 radical (unpaired) electrons. The molecule has 8 heavy (non-hydrogen) atoms. The topological polar surface area (TPSA) is 26.3 Å². The maximum Gasteiger partial charge on any atom is 0.336 e. The molecule has 3 heteroatoms. The number of esters is 1. The minimum absolute atomic E-state index is 0. The fourth-order valence-corrected chi connectivity index (χ4v) is 0.358. The molecular formula is C5H4O2V. The van der Waals surface area contributed by atoms with Gasteiger partial charge in [0.25, 0.3) is 0 Å². The number of carbonyl (C=O) groups is 1. The van der Waals surface area contributed by atoms with E-state index in [0.717, 1.165) is 0 Å². The van der Waals surface area contributed by atoms with Gasteiger partial charge in [0.2, 0.25) is 0 Å². The van der Waals surface area contributed by atoms with Gasteiger partial charge in [-0.25, -0.2) is 4.79 Å². The SMILES string of the molecule is C=C1C=CC(=O)O1.[V]. The third-order valence-corrected chi connectivity index (χ3v) is 0.637. The molecule has 0 fully saturated rings. The van der Waals surface area contributed by atoms with Crippen molar-refractivity contribution in [1.29, 1.82) is 0 Å². The molecular weight excluding hydrogens is 143 g/mol. The van der Waals surface area contributed by atoms with Crippen LogP contribution in [-0.4, -0.2) is 5.97 Å². The van der Waals surface area contributed by atoms with E-state index in [1.54, 1.807) is 0 Å². The van der Waals surface area contributed by atoms with Crippen LogP contribution in [0.5, 0.6) is 0 Å². The molecule has 0 aromatic carbocycles. The van der Waals surface area contributed by atoms with Gasteiger partial charge in [-0.05, 0) is 6.08 Å². The average Bonchev–Trinajstić information content (AvgIpc) is 1.87. The van der Waals surface area contributed by atoms with Crippen LogP contribution in [0.3, 0.4) is 0 Å². The molecule has 0 amide bonds. The molecule has 0 aromatic rings. The number of hydrogen-bond donors (Lipinski definition) is 0. The van der Waals surface area contributed by atoms with Crippen molar-refractivity contribution in [3.8, 4) is 0 Å². The van der Waals surface area contributed by atoms with Crippen molar-refractivity contribution in [3.05, 3.63) is 24.5 Å². The Labute approximate surface area is 59.1 Å². The van der Waals surface area contributed by atoms with Crippen LogP contribution in [0.25, 0.3) is 0 Å². The first-order chi connectivity index (χ1) is 3.29. The van der Waals surface area contributed by atoms with Crippen LogP contribution >= 0.6 is 0 Å². The van der Waals surface area contributed by atoms with Crippen LogP contribution < -0.4 is 0 Å². The van der Waals surface area contributed by atoms with Crippen molar-refractivity contribution >= 4 is 5.97 Å². The van der Waals surface area contributed by atoms with Crippen molar-refractivity contribution in [3.63, 3.8) is 0 Å². The van der Waals surface area contributed by atoms with Gasteiger partial charge in [-0.2, -0.15) is 0 Å². The molecule has 41 valence electrons. The van der Waals surface area contributed by atoms with Gasteiger partial charge in [-0.3, -0.25) is 0 Å². The van der Waals surface area contributed by atoms with Gasteiger partial charge in [-0.1, -0.05) is 6.58 Å². The Balaban J connectivity index is 0.000000490. The molecule has 0 bridgehead atoms. The van der Waals surface area contributed by atoms with Gasteiger partial charge >= 0.3 is 5.97 Å². The Bertz CT molecular complexity index is 133. The van der Waals surface area contributed by atoms with E-state index in [1.807, 2.05) is 0 Å². The summed E-state index contributed by atoms with van der Waals surface area (Å²) in [5.74, 6) is 0.0926. The summed E-state index contributed by atoms with van der Waals surface area (Å²) in [4.78, 5) is 10.1. The summed E-state index contributed by atoms with van der Waals surface area (Å²) in [5.41, 5.74) is 0. The summed E-state index contributed by atoms with van der Waals surface area (Å²) in [6.07, 6.45) is 2.87. The van der Waals surface area contributed by atoms with E-state index in [1.165, 1.54) is 12.2 Å². The Kier molecular flexibility index (Phi) is 2.59. The van der Waals surface area contributed by atoms with Gasteiger partial charge in [0.15, 0.2) is 0 Å². The van der Waals surface area contributed by atoms with Gasteiger partial charge in [0, 0.05) is 24.6 Å². The summed E-state index contributed by atoms with van der Waals surface area (Å²) in [6, 6.07) is 0.